The van der Waals surface area contributed by atoms with Crippen molar-refractivity contribution in [3.63, 3.8) is 0 Å². The van der Waals surface area contributed by atoms with Crippen LogP contribution in [0.1, 0.15) is 18.2 Å². The summed E-state index contributed by atoms with van der Waals surface area (Å²) in [4.78, 5) is 17.0. The Morgan fingerprint density at radius 3 is 2.48 bits per heavy atom. The fraction of sp³-hybridized carbons (Fsp3) is 0.222. The van der Waals surface area contributed by atoms with Gasteiger partial charge in [0.05, 0.1) is 0 Å². The van der Waals surface area contributed by atoms with Crippen LogP contribution in [-0.4, -0.2) is 9.55 Å². The van der Waals surface area contributed by atoms with E-state index in [4.69, 9.17) is 0 Å². The molecule has 0 saturated carbocycles. The van der Waals surface area contributed by atoms with Gasteiger partial charge in [-0.2, -0.15) is 0 Å². The van der Waals surface area contributed by atoms with E-state index in [1.54, 1.807) is 10.6 Å². The second-order valence-electron chi connectivity index (χ2n) is 5.29. The molecule has 0 atom stereocenters. The normalized spacial score (nSPS) is 11.0. The Morgan fingerprint density at radius 2 is 1.81 bits per heavy atom. The molecule has 0 bridgehead atoms. The molecule has 2 heterocycles. The minimum Gasteiger partial charge on any atom is -0.293 e. The SMILES string of the molecule is CCn1c(=O)cc(-c2ccccc2)c2c(C)cc(C)nc21. The zero-order chi connectivity index (χ0) is 15.0. The molecule has 0 fully saturated rings. The zero-order valence-corrected chi connectivity index (χ0v) is 12.6. The van der Waals surface area contributed by atoms with E-state index in [1.807, 2.05) is 44.2 Å². The highest BCUT2D eigenvalue weighted by molar-refractivity contribution is 5.95. The third kappa shape index (κ3) is 2.25. The maximum Gasteiger partial charge on any atom is 0.252 e. The van der Waals surface area contributed by atoms with Gasteiger partial charge in [-0.3, -0.25) is 9.36 Å². The van der Waals surface area contributed by atoms with Crippen LogP contribution < -0.4 is 5.56 Å². The number of hydrogen-bond donors (Lipinski definition) is 0. The number of benzene rings is 1. The Hall–Kier alpha value is -2.42. The summed E-state index contributed by atoms with van der Waals surface area (Å²) in [6.07, 6.45) is 0. The molecule has 3 aromatic rings. The highest BCUT2D eigenvalue weighted by atomic mass is 16.1. The van der Waals surface area contributed by atoms with Gasteiger partial charge < -0.3 is 0 Å². The monoisotopic (exact) mass is 278 g/mol. The van der Waals surface area contributed by atoms with Gasteiger partial charge in [0.2, 0.25) is 0 Å². The fourth-order valence-electron chi connectivity index (χ4n) is 2.87. The van der Waals surface area contributed by atoms with Crippen molar-refractivity contribution in [1.82, 2.24) is 9.55 Å². The highest BCUT2D eigenvalue weighted by Gasteiger charge is 2.13. The Morgan fingerprint density at radius 1 is 1.10 bits per heavy atom. The van der Waals surface area contributed by atoms with E-state index in [0.717, 1.165) is 33.4 Å². The minimum atomic E-state index is 0.00125. The van der Waals surface area contributed by atoms with Crippen LogP contribution in [0.4, 0.5) is 0 Å². The first kappa shape index (κ1) is 13.6. The van der Waals surface area contributed by atoms with E-state index >= 15 is 0 Å². The lowest BCUT2D eigenvalue weighted by molar-refractivity contribution is 0.748. The first-order chi connectivity index (χ1) is 10.1. The summed E-state index contributed by atoms with van der Waals surface area (Å²) >= 11 is 0. The largest absolute Gasteiger partial charge is 0.293 e. The van der Waals surface area contributed by atoms with E-state index < -0.39 is 0 Å². The molecule has 0 spiro atoms. The summed E-state index contributed by atoms with van der Waals surface area (Å²) in [6.45, 7) is 6.64. The quantitative estimate of drug-likeness (QED) is 0.716. The van der Waals surface area contributed by atoms with E-state index in [-0.39, 0.29) is 5.56 Å². The predicted octanol–water partition coefficient (Wildman–Crippen LogP) is 3.70. The number of fused-ring (bicyclic) bond motifs is 1. The van der Waals surface area contributed by atoms with Crippen molar-refractivity contribution in [1.29, 1.82) is 0 Å². The van der Waals surface area contributed by atoms with Crippen molar-refractivity contribution in [2.45, 2.75) is 27.3 Å². The molecule has 0 radical (unpaired) electrons. The fourth-order valence-corrected chi connectivity index (χ4v) is 2.87. The van der Waals surface area contributed by atoms with Crippen molar-refractivity contribution in [2.75, 3.05) is 0 Å². The molecule has 21 heavy (non-hydrogen) atoms. The van der Waals surface area contributed by atoms with Crippen LogP contribution in [0.15, 0.2) is 47.3 Å². The molecule has 1 aromatic carbocycles. The number of hydrogen-bond acceptors (Lipinski definition) is 2. The van der Waals surface area contributed by atoms with Gasteiger partial charge in [-0.1, -0.05) is 30.3 Å². The Balaban J connectivity index is 2.50. The Bertz CT molecular complexity index is 864. The molecule has 0 aliphatic rings. The van der Waals surface area contributed by atoms with E-state index in [9.17, 15) is 4.79 Å². The molecular formula is C18H18N2O. The van der Waals surface area contributed by atoms with Crippen molar-refractivity contribution in [3.05, 3.63) is 64.1 Å². The first-order valence-corrected chi connectivity index (χ1v) is 7.19. The van der Waals surface area contributed by atoms with Gasteiger partial charge in [-0.05, 0) is 43.5 Å². The number of rotatable bonds is 2. The van der Waals surface area contributed by atoms with Crippen molar-refractivity contribution in [2.24, 2.45) is 0 Å². The summed E-state index contributed by atoms with van der Waals surface area (Å²) in [7, 11) is 0. The average molecular weight is 278 g/mol. The zero-order valence-electron chi connectivity index (χ0n) is 12.6. The molecule has 3 nitrogen and oxygen atoms in total. The smallest absolute Gasteiger partial charge is 0.252 e. The van der Waals surface area contributed by atoms with Crippen molar-refractivity contribution in [3.8, 4) is 11.1 Å². The molecule has 0 N–H and O–H groups in total. The lowest BCUT2D eigenvalue weighted by Crippen LogP contribution is -2.20. The van der Waals surface area contributed by atoms with Gasteiger partial charge in [-0.25, -0.2) is 4.98 Å². The number of pyridine rings is 2. The maximum absolute atomic E-state index is 12.4. The third-order valence-electron chi connectivity index (χ3n) is 3.79. The number of nitrogens with zero attached hydrogens (tertiary/aromatic N) is 2. The van der Waals surface area contributed by atoms with Gasteiger partial charge in [-0.15, -0.1) is 0 Å². The van der Waals surface area contributed by atoms with Crippen LogP contribution in [0.25, 0.3) is 22.2 Å². The summed E-state index contributed by atoms with van der Waals surface area (Å²) in [5, 5.41) is 1.06. The van der Waals surface area contributed by atoms with Crippen LogP contribution in [-0.2, 0) is 6.54 Å². The average Bonchev–Trinajstić information content (AvgIpc) is 2.47. The van der Waals surface area contributed by atoms with E-state index in [1.165, 1.54) is 0 Å². The molecule has 3 heteroatoms. The van der Waals surface area contributed by atoms with Crippen LogP contribution in [0, 0.1) is 13.8 Å². The molecule has 0 aliphatic carbocycles. The standard InChI is InChI=1S/C18H18N2O/c1-4-20-16(21)11-15(14-8-6-5-7-9-14)17-12(2)10-13(3)19-18(17)20/h5-11H,4H2,1-3H3. The summed E-state index contributed by atoms with van der Waals surface area (Å²) in [5.41, 5.74) is 4.88. The minimum absolute atomic E-state index is 0.00125. The molecule has 0 saturated heterocycles. The lowest BCUT2D eigenvalue weighted by Gasteiger charge is -2.14. The van der Waals surface area contributed by atoms with E-state index in [0.29, 0.717) is 6.54 Å². The predicted molar refractivity (Wildman–Crippen MR) is 86.6 cm³/mol. The maximum atomic E-state index is 12.4. The number of aromatic nitrogens is 2. The molecule has 0 amide bonds. The van der Waals surface area contributed by atoms with Gasteiger partial charge in [0.15, 0.2) is 0 Å². The van der Waals surface area contributed by atoms with Crippen LogP contribution in [0.5, 0.6) is 0 Å². The van der Waals surface area contributed by atoms with Crippen LogP contribution in [0.3, 0.4) is 0 Å². The van der Waals surface area contributed by atoms with Crippen molar-refractivity contribution >= 4 is 11.0 Å². The second-order valence-corrected chi connectivity index (χ2v) is 5.29. The summed E-state index contributed by atoms with van der Waals surface area (Å²) in [5.74, 6) is 0. The lowest BCUT2D eigenvalue weighted by atomic mass is 9.99. The highest BCUT2D eigenvalue weighted by Crippen LogP contribution is 2.29. The molecule has 3 rings (SSSR count). The van der Waals surface area contributed by atoms with Crippen molar-refractivity contribution < 1.29 is 0 Å². The molecule has 0 aliphatic heterocycles. The van der Waals surface area contributed by atoms with Gasteiger partial charge in [0.25, 0.3) is 5.56 Å². The second kappa shape index (κ2) is 5.17. The molecule has 2 aromatic heterocycles. The Labute approximate surface area is 123 Å². The number of aryl methyl sites for hydroxylation is 3. The van der Waals surface area contributed by atoms with E-state index in [2.05, 4.69) is 18.0 Å². The molecule has 0 unspecified atom stereocenters. The molecular weight excluding hydrogens is 260 g/mol. The third-order valence-corrected chi connectivity index (χ3v) is 3.79. The summed E-state index contributed by atoms with van der Waals surface area (Å²) in [6, 6.07) is 13.8. The Kier molecular flexibility index (Phi) is 3.34. The van der Waals surface area contributed by atoms with Crippen LogP contribution in [0.2, 0.25) is 0 Å². The van der Waals surface area contributed by atoms with Gasteiger partial charge in [0.1, 0.15) is 5.65 Å². The summed E-state index contributed by atoms with van der Waals surface area (Å²) < 4.78 is 1.74. The van der Waals surface area contributed by atoms with Gasteiger partial charge in [0, 0.05) is 23.7 Å². The topological polar surface area (TPSA) is 34.9 Å². The first-order valence-electron chi connectivity index (χ1n) is 7.19. The molecule has 106 valence electrons. The van der Waals surface area contributed by atoms with Crippen LogP contribution >= 0.6 is 0 Å². The van der Waals surface area contributed by atoms with Gasteiger partial charge >= 0.3 is 0 Å².